The van der Waals surface area contributed by atoms with Crippen LogP contribution in [0.2, 0.25) is 0 Å². The van der Waals surface area contributed by atoms with Gasteiger partial charge in [0.15, 0.2) is 0 Å². The van der Waals surface area contributed by atoms with Crippen LogP contribution in [-0.2, 0) is 4.79 Å². The molecule has 0 aliphatic carbocycles. The van der Waals surface area contributed by atoms with Crippen LogP contribution in [-0.4, -0.2) is 27.4 Å². The first-order valence-electron chi connectivity index (χ1n) is 4.69. The Balaban J connectivity index is 0.000000138. The van der Waals surface area contributed by atoms with Crippen molar-refractivity contribution in [1.29, 1.82) is 0 Å². The number of carbonyl (C=O) groups is 1. The first kappa shape index (κ1) is 10.2. The molecule has 80 valence electrons. The number of hydrogen-bond acceptors (Lipinski definition) is 4. The number of aromatic nitrogens is 3. The molecule has 16 heavy (non-hydrogen) atoms. The van der Waals surface area contributed by atoms with Gasteiger partial charge in [-0.15, -0.1) is 12.3 Å². The number of nitrogens with zero attached hydrogens (tertiary/aromatic N) is 3. The fourth-order valence-corrected chi connectivity index (χ4v) is 1.19. The fraction of sp³-hybridized carbons (Fsp3) is 0.0909. The van der Waals surface area contributed by atoms with Gasteiger partial charge in [-0.05, 0) is 30.8 Å². The third-order valence-electron chi connectivity index (χ3n) is 1.95. The van der Waals surface area contributed by atoms with E-state index in [9.17, 15) is 4.79 Å². The second kappa shape index (κ2) is 4.48. The summed E-state index contributed by atoms with van der Waals surface area (Å²) in [5, 5.41) is 10.4. The first-order valence-corrected chi connectivity index (χ1v) is 4.69. The number of aliphatic imine (C=N–C) groups is 1. The van der Waals surface area contributed by atoms with Crippen LogP contribution in [0.1, 0.15) is 5.56 Å². The molecule has 0 radical (unpaired) electrons. The van der Waals surface area contributed by atoms with Gasteiger partial charge in [0.1, 0.15) is 11.0 Å². The lowest BCUT2D eigenvalue weighted by molar-refractivity contribution is -0.108. The zero-order valence-corrected chi connectivity index (χ0v) is 8.64. The van der Waals surface area contributed by atoms with Crippen LogP contribution in [0, 0.1) is 6.92 Å². The van der Waals surface area contributed by atoms with Crippen molar-refractivity contribution in [3.05, 3.63) is 36.0 Å². The number of rotatable bonds is 0. The highest BCUT2D eigenvalue weighted by molar-refractivity contribution is 6.34. The molecule has 2 heterocycles. The van der Waals surface area contributed by atoms with Crippen molar-refractivity contribution >= 4 is 23.0 Å². The summed E-state index contributed by atoms with van der Waals surface area (Å²) < 4.78 is 0. The van der Waals surface area contributed by atoms with Gasteiger partial charge < -0.3 is 9.79 Å². The quantitative estimate of drug-likeness (QED) is 0.670. The lowest BCUT2D eigenvalue weighted by atomic mass is 10.2. The average Bonchev–Trinajstić information content (AvgIpc) is 2.88. The number of benzene rings is 1. The van der Waals surface area contributed by atoms with Crippen LogP contribution in [0.4, 0.5) is 0 Å². The Morgan fingerprint density at radius 1 is 1.25 bits per heavy atom. The van der Waals surface area contributed by atoms with Crippen LogP contribution in [0.5, 0.6) is 0 Å². The summed E-state index contributed by atoms with van der Waals surface area (Å²) in [7, 11) is 0. The van der Waals surface area contributed by atoms with Crippen molar-refractivity contribution in [2.75, 3.05) is 0 Å². The van der Waals surface area contributed by atoms with E-state index >= 15 is 0 Å². The maximum absolute atomic E-state index is 9.95. The molecule has 0 fully saturated rings. The number of aromatic amines is 1. The van der Waals surface area contributed by atoms with E-state index in [2.05, 4.69) is 26.6 Å². The van der Waals surface area contributed by atoms with E-state index in [0.717, 1.165) is 11.0 Å². The third-order valence-corrected chi connectivity index (χ3v) is 1.95. The Morgan fingerprint density at radius 2 is 2.06 bits per heavy atom. The molecule has 5 heteroatoms. The first-order chi connectivity index (χ1) is 7.75. The van der Waals surface area contributed by atoms with Gasteiger partial charge in [0.05, 0.1) is 5.78 Å². The van der Waals surface area contributed by atoms with E-state index < -0.39 is 0 Å². The SMILES string of the molecule is Cc1ccc2n[nH]nc2c1.O=C1[C-]=NC=C1. The highest BCUT2D eigenvalue weighted by Gasteiger charge is 1.94. The van der Waals surface area contributed by atoms with Gasteiger partial charge in [0.25, 0.3) is 0 Å². The van der Waals surface area contributed by atoms with E-state index in [0.29, 0.717) is 0 Å². The Morgan fingerprint density at radius 3 is 2.69 bits per heavy atom. The van der Waals surface area contributed by atoms with Crippen LogP contribution < -0.4 is 0 Å². The number of fused-ring (bicyclic) bond motifs is 1. The number of nitrogens with one attached hydrogen (secondary N) is 1. The molecule has 1 aromatic heterocycles. The van der Waals surface area contributed by atoms with E-state index in [-0.39, 0.29) is 5.78 Å². The number of ketones is 1. The van der Waals surface area contributed by atoms with E-state index in [4.69, 9.17) is 0 Å². The average molecular weight is 213 g/mol. The van der Waals surface area contributed by atoms with Crippen molar-refractivity contribution in [3.63, 3.8) is 0 Å². The van der Waals surface area contributed by atoms with Crippen molar-refractivity contribution in [1.82, 2.24) is 15.4 Å². The van der Waals surface area contributed by atoms with Crippen LogP contribution >= 0.6 is 0 Å². The van der Waals surface area contributed by atoms with Gasteiger partial charge in [0.2, 0.25) is 0 Å². The maximum atomic E-state index is 9.95. The topological polar surface area (TPSA) is 71.0 Å². The molecule has 1 aliphatic rings. The second-order valence-electron chi connectivity index (χ2n) is 3.24. The molecule has 0 spiro atoms. The smallest absolute Gasteiger partial charge is 0.113 e. The molecule has 0 atom stereocenters. The van der Waals surface area contributed by atoms with Gasteiger partial charge in [0, 0.05) is 0 Å². The highest BCUT2D eigenvalue weighted by atomic mass is 16.1. The molecule has 2 aromatic rings. The van der Waals surface area contributed by atoms with Crippen LogP contribution in [0.3, 0.4) is 0 Å². The van der Waals surface area contributed by atoms with Crippen LogP contribution in [0.15, 0.2) is 35.5 Å². The molecule has 0 bridgehead atoms. The molecule has 0 saturated heterocycles. The number of carbonyl (C=O) groups excluding carboxylic acids is 1. The Kier molecular flexibility index (Phi) is 2.86. The lowest BCUT2D eigenvalue weighted by Gasteiger charge is -1.87. The summed E-state index contributed by atoms with van der Waals surface area (Å²) in [6, 6.07) is 5.97. The standard InChI is InChI=1S/C7H7N3.C4H2NO/c1-5-2-3-6-7(4-5)9-10-8-6;6-4-1-2-5-3-4/h2-4H,1H3,(H,8,9,10);1-2H/q;-1. The van der Waals surface area contributed by atoms with Crippen molar-refractivity contribution < 1.29 is 4.79 Å². The summed E-state index contributed by atoms with van der Waals surface area (Å²) in [5.41, 5.74) is 3.06. The molecular formula is C11H9N4O-. The molecule has 0 amide bonds. The number of H-pyrrole nitrogens is 1. The van der Waals surface area contributed by atoms with Gasteiger partial charge in [-0.3, -0.25) is 0 Å². The summed E-state index contributed by atoms with van der Waals surface area (Å²) in [4.78, 5) is 13.3. The largest absolute Gasteiger partial charge is 0.402 e. The normalized spacial score (nSPS) is 12.9. The molecular weight excluding hydrogens is 204 g/mol. The zero-order valence-electron chi connectivity index (χ0n) is 8.64. The van der Waals surface area contributed by atoms with Gasteiger partial charge >= 0.3 is 0 Å². The second-order valence-corrected chi connectivity index (χ2v) is 3.24. The molecule has 0 unspecified atom stereocenters. The van der Waals surface area contributed by atoms with Gasteiger partial charge in [-0.2, -0.15) is 15.4 Å². The van der Waals surface area contributed by atoms with E-state index in [1.165, 1.54) is 17.8 Å². The minimum Gasteiger partial charge on any atom is -0.402 e. The predicted octanol–water partition coefficient (Wildman–Crippen LogP) is 1.30. The summed E-state index contributed by atoms with van der Waals surface area (Å²) >= 11 is 0. The molecule has 0 saturated carbocycles. The molecule has 1 aromatic carbocycles. The maximum Gasteiger partial charge on any atom is 0.113 e. The summed E-state index contributed by atoms with van der Waals surface area (Å²) in [6.45, 7) is 2.04. The predicted molar refractivity (Wildman–Crippen MR) is 60.2 cm³/mol. The monoisotopic (exact) mass is 213 g/mol. The van der Waals surface area contributed by atoms with Gasteiger partial charge in [-0.1, -0.05) is 6.07 Å². The zero-order chi connectivity index (χ0) is 11.4. The van der Waals surface area contributed by atoms with Crippen LogP contribution in [0.25, 0.3) is 11.0 Å². The molecule has 5 nitrogen and oxygen atoms in total. The molecule has 1 aliphatic heterocycles. The van der Waals surface area contributed by atoms with E-state index in [1.54, 1.807) is 0 Å². The minimum absolute atomic E-state index is 0.144. The fourth-order valence-electron chi connectivity index (χ4n) is 1.19. The third kappa shape index (κ3) is 2.38. The summed E-state index contributed by atoms with van der Waals surface area (Å²) in [5.74, 6) is -0.144. The number of allylic oxidation sites excluding steroid dienone is 1. The van der Waals surface area contributed by atoms with Crippen molar-refractivity contribution in [3.8, 4) is 0 Å². The number of aryl methyl sites for hydroxylation is 1. The Bertz CT molecular complexity index is 554. The minimum atomic E-state index is -0.144. The molecule has 3 rings (SSSR count). The summed E-state index contributed by atoms with van der Waals surface area (Å²) in [6.07, 6.45) is 4.97. The van der Waals surface area contributed by atoms with Gasteiger partial charge in [-0.25, -0.2) is 0 Å². The lowest BCUT2D eigenvalue weighted by Crippen LogP contribution is -1.84. The Hall–Kier alpha value is -2.30. The van der Waals surface area contributed by atoms with Crippen molar-refractivity contribution in [2.45, 2.75) is 6.92 Å². The highest BCUT2D eigenvalue weighted by Crippen LogP contribution is 2.08. The molecule has 1 N–H and O–H groups in total. The van der Waals surface area contributed by atoms with E-state index in [1.807, 2.05) is 25.1 Å². The van der Waals surface area contributed by atoms with Crippen molar-refractivity contribution in [2.24, 2.45) is 4.99 Å². The Labute approximate surface area is 91.9 Å². The number of hydrogen-bond donors (Lipinski definition) is 1.